The van der Waals surface area contributed by atoms with Gasteiger partial charge in [0.05, 0.1) is 6.54 Å². The molecule has 1 saturated heterocycles. The number of carbonyl (C=O) groups excluding carboxylic acids is 1. The lowest BCUT2D eigenvalue weighted by atomic mass is 9.88. The molecule has 2 aliphatic rings. The third-order valence-corrected chi connectivity index (χ3v) is 4.67. The summed E-state index contributed by atoms with van der Waals surface area (Å²) < 4.78 is 0. The van der Waals surface area contributed by atoms with Crippen LogP contribution in [0.25, 0.3) is 0 Å². The molecule has 2 fully saturated rings. The Bertz CT molecular complexity index is 300. The maximum absolute atomic E-state index is 11.8. The van der Waals surface area contributed by atoms with E-state index < -0.39 is 0 Å². The molecule has 0 bridgehead atoms. The van der Waals surface area contributed by atoms with E-state index in [4.69, 9.17) is 0 Å². The number of rotatable bonds is 6. The number of nitrogens with one attached hydrogen (secondary N) is 3. The molecule has 0 aromatic rings. The molecular formula is C16H31N3O. The van der Waals surface area contributed by atoms with Crippen LogP contribution >= 0.6 is 0 Å². The van der Waals surface area contributed by atoms with Gasteiger partial charge >= 0.3 is 0 Å². The molecule has 20 heavy (non-hydrogen) atoms. The minimum Gasteiger partial charge on any atom is -0.355 e. The van der Waals surface area contributed by atoms with Gasteiger partial charge in [-0.1, -0.05) is 26.7 Å². The van der Waals surface area contributed by atoms with E-state index in [2.05, 4.69) is 29.8 Å². The maximum atomic E-state index is 11.8. The van der Waals surface area contributed by atoms with Crippen LogP contribution in [0.15, 0.2) is 0 Å². The Morgan fingerprint density at radius 2 is 2.05 bits per heavy atom. The van der Waals surface area contributed by atoms with Crippen molar-refractivity contribution in [2.75, 3.05) is 19.6 Å². The lowest BCUT2D eigenvalue weighted by Gasteiger charge is -2.33. The molecule has 0 aromatic heterocycles. The molecule has 1 amide bonds. The molecule has 3 N–H and O–H groups in total. The summed E-state index contributed by atoms with van der Waals surface area (Å²) in [6.45, 7) is 6.66. The minimum absolute atomic E-state index is 0.140. The first-order valence-corrected chi connectivity index (χ1v) is 8.40. The van der Waals surface area contributed by atoms with Crippen LogP contribution in [-0.2, 0) is 4.79 Å². The van der Waals surface area contributed by atoms with E-state index >= 15 is 0 Å². The summed E-state index contributed by atoms with van der Waals surface area (Å²) in [5.74, 6) is 1.37. The molecule has 0 aromatic carbocycles. The van der Waals surface area contributed by atoms with E-state index in [-0.39, 0.29) is 5.91 Å². The summed E-state index contributed by atoms with van der Waals surface area (Å²) in [6, 6.07) is 1.19. The monoisotopic (exact) mass is 281 g/mol. The zero-order chi connectivity index (χ0) is 14.4. The van der Waals surface area contributed by atoms with Crippen molar-refractivity contribution in [2.24, 2.45) is 11.8 Å². The van der Waals surface area contributed by atoms with E-state index in [9.17, 15) is 4.79 Å². The first-order valence-electron chi connectivity index (χ1n) is 8.40. The highest BCUT2D eigenvalue weighted by Gasteiger charge is 2.34. The second-order valence-corrected chi connectivity index (χ2v) is 6.84. The Morgan fingerprint density at radius 1 is 1.20 bits per heavy atom. The van der Waals surface area contributed by atoms with Crippen molar-refractivity contribution in [2.45, 2.75) is 64.5 Å². The Kier molecular flexibility index (Phi) is 6.30. The smallest absolute Gasteiger partial charge is 0.233 e. The number of hydrogen-bond acceptors (Lipinski definition) is 3. The molecule has 0 radical (unpaired) electrons. The molecule has 2 rings (SSSR count). The average molecular weight is 281 g/mol. The molecule has 3 unspecified atom stereocenters. The molecule has 4 heteroatoms. The Balaban J connectivity index is 1.72. The van der Waals surface area contributed by atoms with Crippen molar-refractivity contribution >= 4 is 5.91 Å². The predicted molar refractivity (Wildman–Crippen MR) is 82.6 cm³/mol. The van der Waals surface area contributed by atoms with Gasteiger partial charge in [0.2, 0.25) is 5.91 Å². The summed E-state index contributed by atoms with van der Waals surface area (Å²) >= 11 is 0. The largest absolute Gasteiger partial charge is 0.355 e. The van der Waals surface area contributed by atoms with Gasteiger partial charge in [-0.3, -0.25) is 4.79 Å². The van der Waals surface area contributed by atoms with Gasteiger partial charge in [-0.15, -0.1) is 0 Å². The fourth-order valence-electron chi connectivity index (χ4n) is 3.57. The summed E-state index contributed by atoms with van der Waals surface area (Å²) in [5, 5.41) is 10.2. The number of hydrogen-bond donors (Lipinski definition) is 3. The highest BCUT2D eigenvalue weighted by atomic mass is 16.1. The number of piperidine rings is 1. The molecular weight excluding hydrogens is 250 g/mol. The average Bonchev–Trinajstić information content (AvgIpc) is 2.92. The highest BCUT2D eigenvalue weighted by molar-refractivity contribution is 5.78. The molecule has 116 valence electrons. The third kappa shape index (κ3) is 4.74. The van der Waals surface area contributed by atoms with Crippen LogP contribution in [-0.4, -0.2) is 37.6 Å². The summed E-state index contributed by atoms with van der Waals surface area (Å²) in [5.41, 5.74) is 0. The van der Waals surface area contributed by atoms with Crippen LogP contribution in [0.5, 0.6) is 0 Å². The van der Waals surface area contributed by atoms with Gasteiger partial charge in [0, 0.05) is 18.6 Å². The van der Waals surface area contributed by atoms with Gasteiger partial charge in [-0.05, 0) is 44.1 Å². The van der Waals surface area contributed by atoms with E-state index in [0.717, 1.165) is 6.54 Å². The van der Waals surface area contributed by atoms with Crippen molar-refractivity contribution < 1.29 is 4.79 Å². The third-order valence-electron chi connectivity index (χ3n) is 4.67. The summed E-state index contributed by atoms with van der Waals surface area (Å²) in [7, 11) is 0. The number of amides is 1. The highest BCUT2D eigenvalue weighted by Crippen LogP contribution is 2.31. The van der Waals surface area contributed by atoms with Crippen molar-refractivity contribution in [3.63, 3.8) is 0 Å². The minimum atomic E-state index is 0.140. The Labute approximate surface area is 123 Å². The van der Waals surface area contributed by atoms with Crippen LogP contribution in [0.3, 0.4) is 0 Å². The standard InChI is InChI=1S/C16H31N3O/c1-12(2)10-19-16(20)11-18-15-8-5-6-13(15)14-7-3-4-9-17-14/h12-15,17-18H,3-11H2,1-2H3,(H,19,20). The van der Waals surface area contributed by atoms with Crippen LogP contribution in [0.4, 0.5) is 0 Å². The summed E-state index contributed by atoms with van der Waals surface area (Å²) in [4.78, 5) is 11.8. The van der Waals surface area contributed by atoms with Crippen molar-refractivity contribution in [3.8, 4) is 0 Å². The molecule has 1 aliphatic carbocycles. The van der Waals surface area contributed by atoms with E-state index in [0.29, 0.717) is 30.5 Å². The zero-order valence-corrected chi connectivity index (χ0v) is 13.1. The second kappa shape index (κ2) is 7.99. The van der Waals surface area contributed by atoms with Gasteiger partial charge in [0.1, 0.15) is 0 Å². The fourth-order valence-corrected chi connectivity index (χ4v) is 3.57. The van der Waals surface area contributed by atoms with Gasteiger partial charge in [-0.2, -0.15) is 0 Å². The molecule has 4 nitrogen and oxygen atoms in total. The lowest BCUT2D eigenvalue weighted by Crippen LogP contribution is -2.48. The van der Waals surface area contributed by atoms with E-state index in [1.807, 2.05) is 0 Å². The van der Waals surface area contributed by atoms with E-state index in [1.54, 1.807) is 0 Å². The molecule has 1 aliphatic heterocycles. The quantitative estimate of drug-likeness (QED) is 0.694. The van der Waals surface area contributed by atoms with Gasteiger partial charge < -0.3 is 16.0 Å². The van der Waals surface area contributed by atoms with Crippen LogP contribution in [0, 0.1) is 11.8 Å². The Hall–Kier alpha value is -0.610. The van der Waals surface area contributed by atoms with Crippen LogP contribution < -0.4 is 16.0 Å². The van der Waals surface area contributed by atoms with Gasteiger partial charge in [0.25, 0.3) is 0 Å². The topological polar surface area (TPSA) is 53.2 Å². The van der Waals surface area contributed by atoms with Crippen LogP contribution in [0.2, 0.25) is 0 Å². The molecule has 3 atom stereocenters. The molecule has 1 saturated carbocycles. The first-order chi connectivity index (χ1) is 9.66. The molecule has 1 heterocycles. The predicted octanol–water partition coefficient (Wildman–Crippen LogP) is 1.66. The molecule has 0 spiro atoms. The maximum Gasteiger partial charge on any atom is 0.233 e. The normalized spacial score (nSPS) is 30.6. The van der Waals surface area contributed by atoms with Crippen molar-refractivity contribution in [1.82, 2.24) is 16.0 Å². The van der Waals surface area contributed by atoms with E-state index in [1.165, 1.54) is 45.1 Å². The SMILES string of the molecule is CC(C)CNC(=O)CNC1CCCC1C1CCCCN1. The van der Waals surface area contributed by atoms with Crippen molar-refractivity contribution in [1.29, 1.82) is 0 Å². The zero-order valence-electron chi connectivity index (χ0n) is 13.1. The number of carbonyl (C=O) groups is 1. The Morgan fingerprint density at radius 3 is 2.75 bits per heavy atom. The first kappa shape index (κ1) is 15.8. The van der Waals surface area contributed by atoms with Gasteiger partial charge in [-0.25, -0.2) is 0 Å². The second-order valence-electron chi connectivity index (χ2n) is 6.84. The lowest BCUT2D eigenvalue weighted by molar-refractivity contribution is -0.120. The fraction of sp³-hybridized carbons (Fsp3) is 0.938. The van der Waals surface area contributed by atoms with Crippen molar-refractivity contribution in [3.05, 3.63) is 0 Å². The summed E-state index contributed by atoms with van der Waals surface area (Å²) in [6.07, 6.45) is 7.81. The van der Waals surface area contributed by atoms with Crippen LogP contribution in [0.1, 0.15) is 52.4 Å². The van der Waals surface area contributed by atoms with Gasteiger partial charge in [0.15, 0.2) is 0 Å².